The highest BCUT2D eigenvalue weighted by molar-refractivity contribution is 8.00. The van der Waals surface area contributed by atoms with Crippen molar-refractivity contribution in [1.29, 1.82) is 0 Å². The molecule has 2 aromatic carbocycles. The van der Waals surface area contributed by atoms with E-state index in [1.807, 2.05) is 60.7 Å². The van der Waals surface area contributed by atoms with Crippen LogP contribution in [0.1, 0.15) is 29.8 Å². The number of carbonyl (C=O) groups is 4. The van der Waals surface area contributed by atoms with Crippen molar-refractivity contribution in [2.75, 3.05) is 25.2 Å². The fourth-order valence-corrected chi connectivity index (χ4v) is 6.63. The summed E-state index contributed by atoms with van der Waals surface area (Å²) in [5.41, 5.74) is 7.83. The summed E-state index contributed by atoms with van der Waals surface area (Å²) < 4.78 is 11.1. The molecule has 2 aliphatic rings. The first-order chi connectivity index (χ1) is 21.8. The van der Waals surface area contributed by atoms with Crippen molar-refractivity contribution in [3.05, 3.63) is 106 Å². The number of thioether (sulfide) groups is 1. The van der Waals surface area contributed by atoms with Gasteiger partial charge < -0.3 is 25.4 Å². The monoisotopic (exact) mass is 647 g/mol. The number of ether oxygens (including phenoxy) is 2. The maximum atomic E-state index is 14.0. The number of hydrogen-bond acceptors (Lipinski definition) is 12. The number of anilines is 1. The van der Waals surface area contributed by atoms with Crippen LogP contribution in [-0.4, -0.2) is 70.2 Å². The molecule has 0 aliphatic carbocycles. The average molecular weight is 648 g/mol. The Bertz CT molecular complexity index is 1630. The van der Waals surface area contributed by atoms with E-state index in [1.54, 1.807) is 17.5 Å². The number of esters is 2. The lowest BCUT2D eigenvalue weighted by Gasteiger charge is -2.49. The molecule has 14 heteroatoms. The minimum atomic E-state index is -0.964. The van der Waals surface area contributed by atoms with Crippen molar-refractivity contribution in [3.8, 4) is 0 Å². The summed E-state index contributed by atoms with van der Waals surface area (Å²) in [7, 11) is 1.29. The van der Waals surface area contributed by atoms with E-state index < -0.39 is 41.3 Å². The topological polar surface area (TPSA) is 163 Å². The highest BCUT2D eigenvalue weighted by Crippen LogP contribution is 2.42. The summed E-state index contributed by atoms with van der Waals surface area (Å²) >= 11 is 2.49. The van der Waals surface area contributed by atoms with Crippen LogP contribution in [0.15, 0.2) is 94.6 Å². The second-order valence-corrected chi connectivity index (χ2v) is 11.7. The van der Waals surface area contributed by atoms with E-state index >= 15 is 0 Å². The molecule has 1 fully saturated rings. The molecule has 232 valence electrons. The van der Waals surface area contributed by atoms with Crippen molar-refractivity contribution in [1.82, 2.24) is 15.2 Å². The Kier molecular flexibility index (Phi) is 9.95. The number of benzene rings is 2. The van der Waals surface area contributed by atoms with E-state index in [4.69, 9.17) is 20.0 Å². The summed E-state index contributed by atoms with van der Waals surface area (Å²) in [6, 6.07) is 17.6. The van der Waals surface area contributed by atoms with Gasteiger partial charge in [0.05, 0.1) is 0 Å². The van der Waals surface area contributed by atoms with Crippen LogP contribution in [0.3, 0.4) is 0 Å². The molecule has 2 aliphatic heterocycles. The molecule has 0 radical (unpaired) electrons. The highest BCUT2D eigenvalue weighted by Gasteiger charge is 2.54. The third-order valence-electron chi connectivity index (χ3n) is 6.77. The van der Waals surface area contributed by atoms with Crippen LogP contribution in [-0.2, 0) is 33.5 Å². The van der Waals surface area contributed by atoms with Crippen molar-refractivity contribution in [2.24, 2.45) is 5.16 Å². The molecule has 2 atom stereocenters. The second-order valence-electron chi connectivity index (χ2n) is 9.74. The number of amides is 2. The van der Waals surface area contributed by atoms with Crippen LogP contribution in [0.5, 0.6) is 0 Å². The van der Waals surface area contributed by atoms with E-state index in [9.17, 15) is 19.2 Å². The van der Waals surface area contributed by atoms with Crippen LogP contribution in [0.25, 0.3) is 0 Å². The maximum absolute atomic E-state index is 14.0. The molecule has 3 heterocycles. The number of oxime groups is 1. The summed E-state index contributed by atoms with van der Waals surface area (Å²) in [4.78, 5) is 62.3. The van der Waals surface area contributed by atoms with Crippen LogP contribution < -0.4 is 11.1 Å². The lowest BCUT2D eigenvalue weighted by Crippen LogP contribution is -2.71. The summed E-state index contributed by atoms with van der Waals surface area (Å²) in [5, 5.41) is 7.67. The van der Waals surface area contributed by atoms with Gasteiger partial charge >= 0.3 is 11.9 Å². The van der Waals surface area contributed by atoms with Gasteiger partial charge in [-0.25, -0.2) is 9.78 Å². The van der Waals surface area contributed by atoms with Gasteiger partial charge in [0.2, 0.25) is 0 Å². The number of thiazole rings is 1. The third kappa shape index (κ3) is 7.07. The predicted molar refractivity (Wildman–Crippen MR) is 169 cm³/mol. The van der Waals surface area contributed by atoms with E-state index in [1.165, 1.54) is 30.7 Å². The molecule has 45 heavy (non-hydrogen) atoms. The van der Waals surface area contributed by atoms with Crippen LogP contribution in [0, 0.1) is 0 Å². The number of nitrogens with zero attached hydrogens (tertiary/aromatic N) is 3. The third-order valence-corrected chi connectivity index (χ3v) is 8.75. The first kappa shape index (κ1) is 31.5. The quantitative estimate of drug-likeness (QED) is 0.137. The molecule has 1 saturated heterocycles. The Hall–Kier alpha value is -4.95. The number of nitrogens with two attached hydrogens (primary N) is 1. The molecule has 3 N–H and O–H groups in total. The fourth-order valence-electron chi connectivity index (χ4n) is 4.76. The largest absolute Gasteiger partial charge is 0.462 e. The minimum Gasteiger partial charge on any atom is -0.462 e. The minimum absolute atomic E-state index is 0.0126. The second kappa shape index (κ2) is 14.2. The standard InChI is InChI=1S/C31H29N5O7S2/c1-18(37)42-15-9-14-21-16-44-29-24(34-27(38)23(35-41-2)22-17-45-31(32)33-22)28(39)36(29)25(21)30(40)43-26(19-10-5-3-6-11-19)20-12-7-4-8-13-20/h3-14,17,24,26,29H,15-16H2,1-2H3,(H2,32,33)(H,34,38)/b14-9+,35-23-/t24?,29-/m1/s1. The molecule has 1 aromatic heterocycles. The first-order valence-corrected chi connectivity index (χ1v) is 15.6. The number of allylic oxidation sites excluding steroid dienone is 1. The number of nitrogen functional groups attached to an aromatic ring is 1. The Labute approximate surface area is 266 Å². The zero-order valence-corrected chi connectivity index (χ0v) is 25.9. The Morgan fingerprint density at radius 2 is 1.80 bits per heavy atom. The van der Waals surface area contributed by atoms with E-state index in [0.29, 0.717) is 11.3 Å². The Balaban J connectivity index is 1.43. The molecule has 1 unspecified atom stereocenters. The molecule has 2 amide bonds. The molecular weight excluding hydrogens is 619 g/mol. The normalized spacial score (nSPS) is 18.0. The number of rotatable bonds is 11. The van der Waals surface area contributed by atoms with Gasteiger partial charge in [0.15, 0.2) is 16.9 Å². The number of fused-ring (bicyclic) bond motifs is 1. The summed E-state index contributed by atoms with van der Waals surface area (Å²) in [5.74, 6) is -2.06. The molecule has 12 nitrogen and oxygen atoms in total. The van der Waals surface area contributed by atoms with Crippen molar-refractivity contribution in [2.45, 2.75) is 24.4 Å². The molecule has 3 aromatic rings. The maximum Gasteiger partial charge on any atom is 0.356 e. The molecule has 0 spiro atoms. The van der Waals surface area contributed by atoms with Gasteiger partial charge in [0, 0.05) is 18.1 Å². The molecule has 5 rings (SSSR count). The Morgan fingerprint density at radius 3 is 2.38 bits per heavy atom. The molecule has 0 bridgehead atoms. The van der Waals surface area contributed by atoms with Crippen molar-refractivity contribution < 1.29 is 33.5 Å². The molecule has 0 saturated carbocycles. The number of hydrogen-bond donors (Lipinski definition) is 2. The van der Waals surface area contributed by atoms with Gasteiger partial charge in [-0.3, -0.25) is 19.3 Å². The number of nitrogens with one attached hydrogen (secondary N) is 1. The van der Waals surface area contributed by atoms with Gasteiger partial charge in [-0.2, -0.15) is 0 Å². The predicted octanol–water partition coefficient (Wildman–Crippen LogP) is 3.18. The van der Waals surface area contributed by atoms with Crippen molar-refractivity contribution >= 4 is 57.7 Å². The van der Waals surface area contributed by atoms with E-state index in [-0.39, 0.29) is 28.8 Å². The summed E-state index contributed by atoms with van der Waals surface area (Å²) in [6.45, 7) is 1.28. The van der Waals surface area contributed by atoms with Gasteiger partial charge in [-0.05, 0) is 22.8 Å². The number of carbonyl (C=O) groups excluding carboxylic acids is 4. The van der Waals surface area contributed by atoms with Crippen LogP contribution in [0.4, 0.5) is 5.13 Å². The lowest BCUT2D eigenvalue weighted by molar-refractivity contribution is -0.154. The average Bonchev–Trinajstić information content (AvgIpc) is 3.48. The van der Waals surface area contributed by atoms with Gasteiger partial charge in [0.25, 0.3) is 11.8 Å². The lowest BCUT2D eigenvalue weighted by atomic mass is 10.0. The van der Waals surface area contributed by atoms with Crippen molar-refractivity contribution in [3.63, 3.8) is 0 Å². The number of aromatic nitrogens is 1. The zero-order chi connectivity index (χ0) is 31.9. The fraction of sp³-hybridized carbons (Fsp3) is 0.226. The number of β-lactam (4-membered cyclic amide) rings is 1. The van der Waals surface area contributed by atoms with E-state index in [0.717, 1.165) is 22.5 Å². The summed E-state index contributed by atoms with van der Waals surface area (Å²) in [6.07, 6.45) is 2.47. The van der Waals surface area contributed by atoms with Gasteiger partial charge in [0.1, 0.15) is 36.5 Å². The van der Waals surface area contributed by atoms with Crippen LogP contribution in [0.2, 0.25) is 0 Å². The van der Waals surface area contributed by atoms with Gasteiger partial charge in [-0.1, -0.05) is 71.9 Å². The highest BCUT2D eigenvalue weighted by atomic mass is 32.2. The van der Waals surface area contributed by atoms with Gasteiger partial charge in [-0.15, -0.1) is 23.1 Å². The zero-order valence-electron chi connectivity index (χ0n) is 24.2. The first-order valence-electron chi connectivity index (χ1n) is 13.7. The molecular formula is C31H29N5O7S2. The Morgan fingerprint density at radius 1 is 1.13 bits per heavy atom. The smallest absolute Gasteiger partial charge is 0.356 e. The van der Waals surface area contributed by atoms with E-state index in [2.05, 4.69) is 15.5 Å². The SMILES string of the molecule is CO/N=C(\C(=O)NC1C(=O)N2C(C(=O)OC(c3ccccc3)c3ccccc3)=C(/C=C/COC(C)=O)CS[C@H]12)c1csc(N)n1. The van der Waals surface area contributed by atoms with Crippen LogP contribution >= 0.6 is 23.1 Å².